The molecule has 0 saturated carbocycles. The van der Waals surface area contributed by atoms with E-state index >= 15 is 0 Å². The van der Waals surface area contributed by atoms with Gasteiger partial charge in [0.05, 0.1) is 5.69 Å². The molecule has 0 radical (unpaired) electrons. The van der Waals surface area contributed by atoms with E-state index in [1.807, 2.05) is 0 Å². The number of nitrogens with zero attached hydrogens (tertiary/aromatic N) is 2. The summed E-state index contributed by atoms with van der Waals surface area (Å²) in [6.45, 7) is 7.76. The van der Waals surface area contributed by atoms with Gasteiger partial charge in [-0.25, -0.2) is 0 Å². The van der Waals surface area contributed by atoms with Gasteiger partial charge in [-0.1, -0.05) is 67.9 Å². The Labute approximate surface area is 167 Å². The Hall–Kier alpha value is -2.74. The number of aromatic nitrogens is 2. The van der Waals surface area contributed by atoms with E-state index in [-0.39, 0.29) is 0 Å². The fraction of sp³-hybridized carbons (Fsp3) is 0.308. The van der Waals surface area contributed by atoms with Crippen molar-refractivity contribution in [2.75, 3.05) is 0 Å². The standard InChI is InChI=1S/C26H28N2/c1-18(2)20-11-13-21(14-12-20)24-16-27-17-25(22-9-7-19(3)8-10-22)28-15-5-4-6-23(24)26(27)28/h7-14,16-18H,4-6,15H2,1-3H3. The van der Waals surface area contributed by atoms with Crippen molar-refractivity contribution in [3.05, 3.63) is 77.6 Å². The van der Waals surface area contributed by atoms with Gasteiger partial charge in [-0.3, -0.25) is 0 Å². The molecule has 0 atom stereocenters. The first-order valence-electron chi connectivity index (χ1n) is 10.5. The van der Waals surface area contributed by atoms with Crippen LogP contribution in [-0.4, -0.2) is 8.97 Å². The molecule has 142 valence electrons. The molecule has 0 saturated heterocycles. The summed E-state index contributed by atoms with van der Waals surface area (Å²) >= 11 is 0. The van der Waals surface area contributed by atoms with Crippen LogP contribution in [0.1, 0.15) is 49.3 Å². The normalized spacial score (nSPS) is 14.0. The Morgan fingerprint density at radius 3 is 2.25 bits per heavy atom. The van der Waals surface area contributed by atoms with Crippen LogP contribution in [0, 0.1) is 6.92 Å². The monoisotopic (exact) mass is 368 g/mol. The minimum absolute atomic E-state index is 0.574. The van der Waals surface area contributed by atoms with E-state index in [1.54, 1.807) is 0 Å². The molecule has 0 unspecified atom stereocenters. The zero-order valence-electron chi connectivity index (χ0n) is 17.1. The smallest absolute Gasteiger partial charge is 0.121 e. The maximum atomic E-state index is 2.54. The second kappa shape index (κ2) is 6.70. The Kier molecular flexibility index (Phi) is 4.16. The van der Waals surface area contributed by atoms with Gasteiger partial charge in [0.1, 0.15) is 5.65 Å². The van der Waals surface area contributed by atoms with Crippen LogP contribution >= 0.6 is 0 Å². The number of aryl methyl sites for hydroxylation is 3. The molecule has 2 nitrogen and oxygen atoms in total. The molecule has 0 fully saturated rings. The van der Waals surface area contributed by atoms with Crippen molar-refractivity contribution in [1.82, 2.24) is 8.97 Å². The van der Waals surface area contributed by atoms with E-state index in [0.29, 0.717) is 5.92 Å². The fourth-order valence-electron chi connectivity index (χ4n) is 4.57. The first-order valence-corrected chi connectivity index (χ1v) is 10.5. The highest BCUT2D eigenvalue weighted by atomic mass is 15.1. The van der Waals surface area contributed by atoms with Crippen molar-refractivity contribution in [3.8, 4) is 22.4 Å². The molecule has 2 aromatic carbocycles. The Bertz CT molecular complexity index is 1120. The van der Waals surface area contributed by atoms with Crippen molar-refractivity contribution < 1.29 is 0 Å². The van der Waals surface area contributed by atoms with Crippen molar-refractivity contribution in [2.24, 2.45) is 0 Å². The van der Waals surface area contributed by atoms with Gasteiger partial charge < -0.3 is 8.97 Å². The van der Waals surface area contributed by atoms with Crippen LogP contribution in [0.2, 0.25) is 0 Å². The van der Waals surface area contributed by atoms with Crippen LogP contribution in [0.4, 0.5) is 0 Å². The SMILES string of the molecule is Cc1ccc(-c2cn3cc(-c4ccc(C(C)C)cc4)c4c3n2CCCC4)cc1. The molecule has 0 spiro atoms. The lowest BCUT2D eigenvalue weighted by molar-refractivity contribution is 0.647. The van der Waals surface area contributed by atoms with Crippen LogP contribution in [0.3, 0.4) is 0 Å². The third-order valence-corrected chi connectivity index (χ3v) is 6.21. The highest BCUT2D eigenvalue weighted by Gasteiger charge is 2.21. The minimum atomic E-state index is 0.574. The Morgan fingerprint density at radius 2 is 1.54 bits per heavy atom. The topological polar surface area (TPSA) is 9.34 Å². The number of rotatable bonds is 3. The lowest BCUT2D eigenvalue weighted by Gasteiger charge is -2.09. The van der Waals surface area contributed by atoms with Crippen LogP contribution in [-0.2, 0) is 13.0 Å². The molecule has 2 aromatic heterocycles. The first kappa shape index (κ1) is 17.4. The van der Waals surface area contributed by atoms with Crippen molar-refractivity contribution in [2.45, 2.75) is 52.5 Å². The molecule has 28 heavy (non-hydrogen) atoms. The maximum absolute atomic E-state index is 2.54. The number of imidazole rings is 1. The van der Waals surface area contributed by atoms with Crippen molar-refractivity contribution in [1.29, 1.82) is 0 Å². The molecule has 0 N–H and O–H groups in total. The zero-order valence-corrected chi connectivity index (χ0v) is 17.1. The van der Waals surface area contributed by atoms with Gasteiger partial charge in [-0.2, -0.15) is 0 Å². The summed E-state index contributed by atoms with van der Waals surface area (Å²) in [5, 5.41) is 0. The van der Waals surface area contributed by atoms with Gasteiger partial charge in [0, 0.05) is 30.1 Å². The Morgan fingerprint density at radius 1 is 0.821 bits per heavy atom. The third-order valence-electron chi connectivity index (χ3n) is 6.21. The molecule has 0 bridgehead atoms. The Balaban J connectivity index is 1.66. The summed E-state index contributed by atoms with van der Waals surface area (Å²) in [5.74, 6) is 0.574. The van der Waals surface area contributed by atoms with E-state index in [2.05, 4.69) is 90.7 Å². The number of benzene rings is 2. The molecule has 4 aromatic rings. The van der Waals surface area contributed by atoms with Gasteiger partial charge in [0.2, 0.25) is 0 Å². The molecular weight excluding hydrogens is 340 g/mol. The minimum Gasteiger partial charge on any atom is -0.325 e. The van der Waals surface area contributed by atoms with Crippen LogP contribution < -0.4 is 0 Å². The van der Waals surface area contributed by atoms with Gasteiger partial charge in [-0.05, 0) is 48.8 Å². The third kappa shape index (κ3) is 2.79. The highest BCUT2D eigenvalue weighted by molar-refractivity contribution is 5.78. The summed E-state index contributed by atoms with van der Waals surface area (Å²) in [5.41, 5.74) is 11.0. The zero-order chi connectivity index (χ0) is 19.3. The second-order valence-electron chi connectivity index (χ2n) is 8.52. The maximum Gasteiger partial charge on any atom is 0.121 e. The predicted molar refractivity (Wildman–Crippen MR) is 118 cm³/mol. The van der Waals surface area contributed by atoms with Gasteiger partial charge in [-0.15, -0.1) is 0 Å². The quantitative estimate of drug-likeness (QED) is 0.374. The molecule has 0 aliphatic carbocycles. The van der Waals surface area contributed by atoms with Gasteiger partial charge in [0.15, 0.2) is 0 Å². The number of hydrogen-bond acceptors (Lipinski definition) is 0. The van der Waals surface area contributed by atoms with E-state index in [1.165, 1.54) is 57.6 Å². The van der Waals surface area contributed by atoms with Crippen molar-refractivity contribution >= 4 is 5.65 Å². The molecule has 0 amide bonds. The largest absolute Gasteiger partial charge is 0.325 e. The van der Waals surface area contributed by atoms with Crippen LogP contribution in [0.25, 0.3) is 28.0 Å². The molecule has 5 rings (SSSR count). The molecule has 3 heterocycles. The van der Waals surface area contributed by atoms with E-state index in [4.69, 9.17) is 0 Å². The lowest BCUT2D eigenvalue weighted by atomic mass is 9.97. The first-order chi connectivity index (χ1) is 13.6. The van der Waals surface area contributed by atoms with E-state index in [0.717, 1.165) is 13.0 Å². The summed E-state index contributed by atoms with van der Waals surface area (Å²) in [4.78, 5) is 0. The molecular formula is C26H28N2. The molecule has 1 aliphatic rings. The summed E-state index contributed by atoms with van der Waals surface area (Å²) in [6, 6.07) is 18.1. The predicted octanol–water partition coefficient (Wildman–Crippen LogP) is 6.84. The summed E-state index contributed by atoms with van der Waals surface area (Å²) in [7, 11) is 0. The van der Waals surface area contributed by atoms with E-state index in [9.17, 15) is 0 Å². The summed E-state index contributed by atoms with van der Waals surface area (Å²) < 4.78 is 4.90. The van der Waals surface area contributed by atoms with Crippen molar-refractivity contribution in [3.63, 3.8) is 0 Å². The van der Waals surface area contributed by atoms with Crippen LogP contribution in [0.5, 0.6) is 0 Å². The molecule has 1 aliphatic heterocycles. The van der Waals surface area contributed by atoms with Gasteiger partial charge >= 0.3 is 0 Å². The lowest BCUT2D eigenvalue weighted by Crippen LogP contribution is -1.98. The van der Waals surface area contributed by atoms with E-state index < -0.39 is 0 Å². The van der Waals surface area contributed by atoms with Gasteiger partial charge in [0.25, 0.3) is 0 Å². The second-order valence-corrected chi connectivity index (χ2v) is 8.52. The number of hydrogen-bond donors (Lipinski definition) is 0. The average molecular weight is 369 g/mol. The van der Waals surface area contributed by atoms with Crippen LogP contribution in [0.15, 0.2) is 60.9 Å². The fourth-order valence-corrected chi connectivity index (χ4v) is 4.57. The highest BCUT2D eigenvalue weighted by Crippen LogP contribution is 2.36. The molecule has 2 heteroatoms. The summed E-state index contributed by atoms with van der Waals surface area (Å²) in [6.07, 6.45) is 8.32. The average Bonchev–Trinajstić information content (AvgIpc) is 3.13.